The molecule has 3 N–H and O–H groups in total. The van der Waals surface area contributed by atoms with E-state index >= 15 is 0 Å². The van der Waals surface area contributed by atoms with Crippen molar-refractivity contribution in [3.8, 4) is 0 Å². The molecule has 0 aliphatic carbocycles. The van der Waals surface area contributed by atoms with Gasteiger partial charge >= 0.3 is 0 Å². The van der Waals surface area contributed by atoms with Crippen molar-refractivity contribution in [2.45, 2.75) is 0 Å². The van der Waals surface area contributed by atoms with Crippen LogP contribution in [0.1, 0.15) is 0 Å². The van der Waals surface area contributed by atoms with E-state index in [1.165, 1.54) is 0 Å². The normalized spacial score (nSPS) is 10.5. The molecule has 0 spiro atoms. The Kier molecular flexibility index (Phi) is 2.14. The largest absolute Gasteiger partial charge is 0.395 e. The molecule has 0 aliphatic rings. The summed E-state index contributed by atoms with van der Waals surface area (Å²) in [7, 11) is 0. The average molecular weight is 177 g/mol. The van der Waals surface area contributed by atoms with Crippen LogP contribution >= 0.6 is 0 Å². The Morgan fingerprint density at radius 2 is 2.23 bits per heavy atom. The Morgan fingerprint density at radius 1 is 1.38 bits per heavy atom. The molecule has 1 aromatic carbocycles. The van der Waals surface area contributed by atoms with Crippen molar-refractivity contribution in [1.82, 2.24) is 10.2 Å². The smallest absolute Gasteiger partial charge is 0.155 e. The van der Waals surface area contributed by atoms with Gasteiger partial charge in [-0.2, -0.15) is 5.10 Å². The molecule has 0 amide bonds. The van der Waals surface area contributed by atoms with Crippen molar-refractivity contribution in [2.75, 3.05) is 18.5 Å². The predicted octanol–water partition coefficient (Wildman–Crippen LogP) is 0.967. The highest BCUT2D eigenvalue weighted by Gasteiger charge is 2.01. The lowest BCUT2D eigenvalue weighted by Crippen LogP contribution is -2.05. The Hall–Kier alpha value is -1.55. The van der Waals surface area contributed by atoms with Gasteiger partial charge in [0.2, 0.25) is 0 Å². The average Bonchev–Trinajstić information content (AvgIpc) is 2.58. The highest BCUT2D eigenvalue weighted by Crippen LogP contribution is 2.18. The zero-order chi connectivity index (χ0) is 9.10. The molecule has 0 saturated heterocycles. The zero-order valence-corrected chi connectivity index (χ0v) is 7.12. The second-order valence-corrected chi connectivity index (χ2v) is 2.77. The molecule has 1 heterocycles. The quantitative estimate of drug-likeness (QED) is 0.654. The number of rotatable bonds is 3. The van der Waals surface area contributed by atoms with E-state index in [0.717, 1.165) is 16.7 Å². The van der Waals surface area contributed by atoms with E-state index in [1.54, 1.807) is 0 Å². The predicted molar refractivity (Wildman–Crippen MR) is 51.7 cm³/mol. The number of H-pyrrole nitrogens is 1. The van der Waals surface area contributed by atoms with Crippen LogP contribution in [0.25, 0.3) is 10.9 Å². The first-order valence-electron chi connectivity index (χ1n) is 4.19. The summed E-state index contributed by atoms with van der Waals surface area (Å²) in [5.41, 5.74) is 1.00. The Morgan fingerprint density at radius 3 is 3.08 bits per heavy atom. The van der Waals surface area contributed by atoms with E-state index < -0.39 is 0 Å². The van der Waals surface area contributed by atoms with Gasteiger partial charge in [-0.3, -0.25) is 5.10 Å². The van der Waals surface area contributed by atoms with Crippen LogP contribution in [0, 0.1) is 0 Å². The van der Waals surface area contributed by atoms with Gasteiger partial charge in [0.15, 0.2) is 5.82 Å². The van der Waals surface area contributed by atoms with E-state index in [-0.39, 0.29) is 6.61 Å². The molecule has 4 nitrogen and oxygen atoms in total. The Balaban J connectivity index is 2.35. The lowest BCUT2D eigenvalue weighted by atomic mass is 10.2. The summed E-state index contributed by atoms with van der Waals surface area (Å²) in [6.07, 6.45) is 0. The lowest BCUT2D eigenvalue weighted by Gasteiger charge is -1.98. The molecule has 0 saturated carbocycles. The van der Waals surface area contributed by atoms with Crippen molar-refractivity contribution in [3.63, 3.8) is 0 Å². The zero-order valence-electron chi connectivity index (χ0n) is 7.12. The minimum atomic E-state index is 0.112. The Labute approximate surface area is 75.6 Å². The second kappa shape index (κ2) is 3.45. The highest BCUT2D eigenvalue weighted by atomic mass is 16.3. The van der Waals surface area contributed by atoms with Crippen LogP contribution < -0.4 is 5.32 Å². The number of aromatic amines is 1. The molecule has 0 radical (unpaired) electrons. The number of hydrogen-bond donors (Lipinski definition) is 3. The molecule has 13 heavy (non-hydrogen) atoms. The molecule has 0 aliphatic heterocycles. The van der Waals surface area contributed by atoms with Gasteiger partial charge in [0.1, 0.15) is 0 Å². The van der Waals surface area contributed by atoms with Gasteiger partial charge < -0.3 is 10.4 Å². The number of anilines is 1. The fourth-order valence-corrected chi connectivity index (χ4v) is 1.27. The third-order valence-electron chi connectivity index (χ3n) is 1.87. The number of nitrogens with one attached hydrogen (secondary N) is 2. The summed E-state index contributed by atoms with van der Waals surface area (Å²) in [5, 5.41) is 19.7. The number of hydrogen-bond acceptors (Lipinski definition) is 3. The molecule has 0 fully saturated rings. The summed E-state index contributed by atoms with van der Waals surface area (Å²) in [6, 6.07) is 7.86. The van der Waals surface area contributed by atoms with Gasteiger partial charge in [0, 0.05) is 11.9 Å². The molecule has 0 bridgehead atoms. The fourth-order valence-electron chi connectivity index (χ4n) is 1.27. The maximum absolute atomic E-state index is 8.64. The van der Waals surface area contributed by atoms with Crippen molar-refractivity contribution in [3.05, 3.63) is 24.3 Å². The molecular formula is C9H11N3O. The maximum atomic E-state index is 8.64. The molecule has 4 heteroatoms. The van der Waals surface area contributed by atoms with E-state index in [2.05, 4.69) is 15.5 Å². The lowest BCUT2D eigenvalue weighted by molar-refractivity contribution is 0.311. The van der Waals surface area contributed by atoms with Crippen LogP contribution in [0.3, 0.4) is 0 Å². The second-order valence-electron chi connectivity index (χ2n) is 2.77. The SMILES string of the molecule is OCCNc1n[nH]c2ccccc12. The van der Waals surface area contributed by atoms with Crippen LogP contribution in [-0.2, 0) is 0 Å². The van der Waals surface area contributed by atoms with Crippen molar-refractivity contribution in [1.29, 1.82) is 0 Å². The van der Waals surface area contributed by atoms with Gasteiger partial charge in [-0.25, -0.2) is 0 Å². The van der Waals surface area contributed by atoms with Gasteiger partial charge in [-0.05, 0) is 12.1 Å². The number of aliphatic hydroxyl groups is 1. The van der Waals surface area contributed by atoms with Gasteiger partial charge in [0.25, 0.3) is 0 Å². The number of para-hydroxylation sites is 1. The van der Waals surface area contributed by atoms with Crippen molar-refractivity contribution < 1.29 is 5.11 Å². The summed E-state index contributed by atoms with van der Waals surface area (Å²) >= 11 is 0. The van der Waals surface area contributed by atoms with Crippen molar-refractivity contribution in [2.24, 2.45) is 0 Å². The van der Waals surface area contributed by atoms with Crippen LogP contribution in [0.15, 0.2) is 24.3 Å². The Bertz CT molecular complexity index is 396. The van der Waals surface area contributed by atoms with Crippen LogP contribution in [0.5, 0.6) is 0 Å². The van der Waals surface area contributed by atoms with E-state index in [9.17, 15) is 0 Å². The third kappa shape index (κ3) is 1.48. The maximum Gasteiger partial charge on any atom is 0.155 e. The third-order valence-corrected chi connectivity index (χ3v) is 1.87. The van der Waals surface area contributed by atoms with Gasteiger partial charge in [-0.15, -0.1) is 0 Å². The molecule has 0 atom stereocenters. The fraction of sp³-hybridized carbons (Fsp3) is 0.222. The first kappa shape index (κ1) is 8.07. The molecule has 68 valence electrons. The summed E-state index contributed by atoms with van der Waals surface area (Å²) in [6.45, 7) is 0.635. The van der Waals surface area contributed by atoms with E-state index in [4.69, 9.17) is 5.11 Å². The summed E-state index contributed by atoms with van der Waals surface area (Å²) in [4.78, 5) is 0. The monoisotopic (exact) mass is 177 g/mol. The highest BCUT2D eigenvalue weighted by molar-refractivity contribution is 5.89. The topological polar surface area (TPSA) is 60.9 Å². The molecule has 2 aromatic rings. The van der Waals surface area contributed by atoms with E-state index in [1.807, 2.05) is 24.3 Å². The van der Waals surface area contributed by atoms with Gasteiger partial charge in [0.05, 0.1) is 12.1 Å². The number of aliphatic hydroxyl groups excluding tert-OH is 1. The molecule has 1 aromatic heterocycles. The van der Waals surface area contributed by atoms with E-state index in [0.29, 0.717) is 6.54 Å². The van der Waals surface area contributed by atoms with Crippen LogP contribution in [0.2, 0.25) is 0 Å². The number of nitrogens with zero attached hydrogens (tertiary/aromatic N) is 1. The van der Waals surface area contributed by atoms with Crippen molar-refractivity contribution >= 4 is 16.7 Å². The minimum Gasteiger partial charge on any atom is -0.395 e. The molecule has 0 unspecified atom stereocenters. The first-order valence-corrected chi connectivity index (χ1v) is 4.19. The summed E-state index contributed by atoms with van der Waals surface area (Å²) in [5.74, 6) is 0.796. The number of benzene rings is 1. The van der Waals surface area contributed by atoms with Gasteiger partial charge in [-0.1, -0.05) is 12.1 Å². The van der Waals surface area contributed by atoms with Crippen LogP contribution in [-0.4, -0.2) is 28.5 Å². The molecule has 2 rings (SSSR count). The summed E-state index contributed by atoms with van der Waals surface area (Å²) < 4.78 is 0. The standard InChI is InChI=1S/C9H11N3O/c13-6-5-10-9-7-3-1-2-4-8(7)11-12-9/h1-4,13H,5-6H2,(H2,10,11,12). The van der Waals surface area contributed by atoms with Crippen LogP contribution in [0.4, 0.5) is 5.82 Å². The number of fused-ring (bicyclic) bond motifs is 1. The minimum absolute atomic E-state index is 0.112. The number of aromatic nitrogens is 2. The molecular weight excluding hydrogens is 166 g/mol. The first-order chi connectivity index (χ1) is 6.42.